The highest BCUT2D eigenvalue weighted by molar-refractivity contribution is 5.06. The number of rotatable bonds is 0. The van der Waals surface area contributed by atoms with Gasteiger partial charge in [-0.3, -0.25) is 0 Å². The smallest absolute Gasteiger partial charge is 0.0471 e. The summed E-state index contributed by atoms with van der Waals surface area (Å²) in [6, 6.07) is 0.972. The number of fused-ring (bicyclic) bond motifs is 4. The van der Waals surface area contributed by atoms with Gasteiger partial charge in [0, 0.05) is 25.8 Å². The van der Waals surface area contributed by atoms with E-state index in [1.54, 1.807) is 0 Å². The Bertz CT molecular complexity index is 428. The van der Waals surface area contributed by atoms with Gasteiger partial charge in [-0.05, 0) is 94.4 Å². The lowest BCUT2D eigenvalue weighted by Crippen LogP contribution is -2.31. The van der Waals surface area contributed by atoms with Gasteiger partial charge in [0.25, 0.3) is 0 Å². The summed E-state index contributed by atoms with van der Waals surface area (Å²) in [5.74, 6) is 3.06. The zero-order valence-electron chi connectivity index (χ0n) is 19.1. The second kappa shape index (κ2) is 11.2. The number of piperidine rings is 1. The molecule has 0 aromatic carbocycles. The Labute approximate surface area is 175 Å². The van der Waals surface area contributed by atoms with Crippen LogP contribution >= 0.6 is 0 Å². The maximum Gasteiger partial charge on any atom is 0.0471 e. The van der Waals surface area contributed by atoms with Crippen molar-refractivity contribution in [3.63, 3.8) is 0 Å². The first-order chi connectivity index (χ1) is 13.7. The van der Waals surface area contributed by atoms with Crippen molar-refractivity contribution < 1.29 is 4.74 Å². The van der Waals surface area contributed by atoms with Crippen LogP contribution in [0.15, 0.2) is 12.2 Å². The predicted octanol–water partition coefficient (Wildman–Crippen LogP) is 6.85. The van der Waals surface area contributed by atoms with Gasteiger partial charge in [-0.1, -0.05) is 45.3 Å². The fourth-order valence-corrected chi connectivity index (χ4v) is 6.49. The van der Waals surface area contributed by atoms with E-state index in [4.69, 9.17) is 4.74 Å². The molecule has 2 heteroatoms. The fourth-order valence-electron chi connectivity index (χ4n) is 6.49. The van der Waals surface area contributed by atoms with Gasteiger partial charge in [0.15, 0.2) is 0 Å². The summed E-state index contributed by atoms with van der Waals surface area (Å²) in [7, 11) is 2.25. The Morgan fingerprint density at radius 3 is 1.79 bits per heavy atom. The number of allylic oxidation sites excluding steroid dienone is 2. The fraction of sp³-hybridized carbons (Fsp3) is 0.923. The number of ether oxygens (including phenoxy) is 1. The second-order valence-electron chi connectivity index (χ2n) is 10.2. The molecule has 0 aromatic rings. The highest BCUT2D eigenvalue weighted by Gasteiger charge is 2.35. The van der Waals surface area contributed by atoms with Gasteiger partial charge < -0.3 is 9.64 Å². The second-order valence-corrected chi connectivity index (χ2v) is 10.2. The highest BCUT2D eigenvalue weighted by atomic mass is 16.5. The average Bonchev–Trinajstić information content (AvgIpc) is 3.55. The summed E-state index contributed by atoms with van der Waals surface area (Å²) in [4.78, 5) is 2.51. The van der Waals surface area contributed by atoms with Crippen molar-refractivity contribution in [3.05, 3.63) is 12.2 Å². The van der Waals surface area contributed by atoms with Crippen LogP contribution in [0.3, 0.4) is 0 Å². The van der Waals surface area contributed by atoms with Crippen molar-refractivity contribution in [1.29, 1.82) is 0 Å². The average molecular weight is 390 g/mol. The lowest BCUT2D eigenvalue weighted by atomic mass is 9.69. The van der Waals surface area contributed by atoms with E-state index < -0.39 is 0 Å². The minimum Gasteiger partial charge on any atom is -0.381 e. The quantitative estimate of drug-likeness (QED) is 0.420. The summed E-state index contributed by atoms with van der Waals surface area (Å²) < 4.78 is 5.40. The van der Waals surface area contributed by atoms with Gasteiger partial charge in [-0.25, -0.2) is 0 Å². The van der Waals surface area contributed by atoms with Gasteiger partial charge in [0.05, 0.1) is 0 Å². The van der Waals surface area contributed by atoms with E-state index in [1.807, 2.05) is 13.8 Å². The molecule has 4 bridgehead atoms. The Morgan fingerprint density at radius 1 is 0.786 bits per heavy atom. The zero-order chi connectivity index (χ0) is 19.8. The molecule has 2 aliphatic heterocycles. The molecule has 0 N–H and O–H groups in total. The van der Waals surface area contributed by atoms with Crippen molar-refractivity contribution in [2.24, 2.45) is 23.2 Å². The number of hydrogen-bond acceptors (Lipinski definition) is 2. The molecular weight excluding hydrogens is 342 g/mol. The maximum atomic E-state index is 5.40. The standard InChI is InChI=1S/C10H18O.C7H13N.C7H10.C2H6/c1-2-4-10(5-3-1)6-8-11-9-7-10;1-8-5-6-2-3-7(8)4-6;1-2-7-4-3-6(1)5-7;1-2/h1-9H2;6-7H,2-5H2,1H3;1-2,6-7H,3-5H2;1-2H3. The Balaban J connectivity index is 0.000000118. The molecular formula is C26H47NO. The summed E-state index contributed by atoms with van der Waals surface area (Å²) in [6.45, 7) is 7.44. The molecule has 0 aromatic heterocycles. The van der Waals surface area contributed by atoms with Crippen LogP contribution in [0.4, 0.5) is 0 Å². The molecule has 4 atom stereocenters. The molecule has 6 rings (SSSR count). The van der Waals surface area contributed by atoms with Crippen LogP contribution in [0.2, 0.25) is 0 Å². The zero-order valence-corrected chi connectivity index (χ0v) is 19.1. The lowest BCUT2D eigenvalue weighted by Gasteiger charge is -2.40. The Kier molecular flexibility index (Phi) is 8.91. The van der Waals surface area contributed by atoms with E-state index >= 15 is 0 Å². The van der Waals surface area contributed by atoms with Crippen molar-refractivity contribution in [2.75, 3.05) is 26.8 Å². The third kappa shape index (κ3) is 6.08. The molecule has 2 saturated heterocycles. The van der Waals surface area contributed by atoms with Gasteiger partial charge >= 0.3 is 0 Å². The number of likely N-dealkylation sites (tertiary alicyclic amines) is 1. The van der Waals surface area contributed by atoms with Crippen LogP contribution in [-0.4, -0.2) is 37.7 Å². The molecule has 0 radical (unpaired) electrons. The van der Waals surface area contributed by atoms with E-state index in [-0.39, 0.29) is 0 Å². The monoisotopic (exact) mass is 389 g/mol. The van der Waals surface area contributed by atoms with Crippen molar-refractivity contribution in [3.8, 4) is 0 Å². The van der Waals surface area contributed by atoms with Gasteiger partial charge in [-0.2, -0.15) is 0 Å². The largest absolute Gasteiger partial charge is 0.381 e. The molecule has 162 valence electrons. The minimum atomic E-state index is 0.733. The molecule has 4 aliphatic carbocycles. The van der Waals surface area contributed by atoms with Crippen LogP contribution in [0.25, 0.3) is 0 Å². The molecule has 6 aliphatic rings. The van der Waals surface area contributed by atoms with Crippen molar-refractivity contribution >= 4 is 0 Å². The van der Waals surface area contributed by atoms with Gasteiger partial charge in [0.1, 0.15) is 0 Å². The summed E-state index contributed by atoms with van der Waals surface area (Å²) in [5.41, 5.74) is 0.733. The Morgan fingerprint density at radius 2 is 1.43 bits per heavy atom. The van der Waals surface area contributed by atoms with E-state index in [1.165, 1.54) is 90.0 Å². The van der Waals surface area contributed by atoms with Gasteiger partial charge in [0.2, 0.25) is 0 Å². The topological polar surface area (TPSA) is 12.5 Å². The van der Waals surface area contributed by atoms with E-state index in [2.05, 4.69) is 24.1 Å². The molecule has 28 heavy (non-hydrogen) atoms. The summed E-state index contributed by atoms with van der Waals surface area (Å²) >= 11 is 0. The number of hydrogen-bond donors (Lipinski definition) is 0. The molecule has 1 spiro atoms. The van der Waals surface area contributed by atoms with Crippen molar-refractivity contribution in [1.82, 2.24) is 4.90 Å². The lowest BCUT2D eigenvalue weighted by molar-refractivity contribution is -0.00473. The normalized spacial score (nSPS) is 36.8. The van der Waals surface area contributed by atoms with E-state index in [0.717, 1.165) is 42.4 Å². The highest BCUT2D eigenvalue weighted by Crippen LogP contribution is 2.43. The number of nitrogens with zero attached hydrogens (tertiary/aromatic N) is 1. The molecule has 5 fully saturated rings. The predicted molar refractivity (Wildman–Crippen MR) is 121 cm³/mol. The summed E-state index contributed by atoms with van der Waals surface area (Å²) in [5, 5.41) is 0. The maximum absolute atomic E-state index is 5.40. The molecule has 2 heterocycles. The molecule has 0 amide bonds. The first-order valence-electron chi connectivity index (χ1n) is 12.7. The van der Waals surface area contributed by atoms with E-state index in [9.17, 15) is 0 Å². The van der Waals surface area contributed by atoms with Crippen LogP contribution in [0.5, 0.6) is 0 Å². The Hall–Kier alpha value is -0.340. The van der Waals surface area contributed by atoms with Crippen LogP contribution < -0.4 is 0 Å². The molecule has 4 unspecified atom stereocenters. The first-order valence-corrected chi connectivity index (χ1v) is 12.7. The summed E-state index contributed by atoms with van der Waals surface area (Å²) in [6.07, 6.45) is 23.7. The third-order valence-electron chi connectivity index (χ3n) is 8.32. The van der Waals surface area contributed by atoms with Crippen molar-refractivity contribution in [2.45, 2.75) is 103 Å². The molecule has 2 nitrogen and oxygen atoms in total. The van der Waals surface area contributed by atoms with Crippen LogP contribution in [0.1, 0.15) is 97.3 Å². The molecule has 3 saturated carbocycles. The van der Waals surface area contributed by atoms with E-state index in [0.29, 0.717) is 0 Å². The SMILES string of the molecule is C1=CC2CCC1C2.C1CCC2(CC1)CCOCC2.CC.CN1CC2CCC1C2. The first kappa shape index (κ1) is 22.3. The minimum absolute atomic E-state index is 0.733. The van der Waals surface area contributed by atoms with Crippen LogP contribution in [-0.2, 0) is 4.74 Å². The van der Waals surface area contributed by atoms with Gasteiger partial charge in [-0.15, -0.1) is 0 Å². The third-order valence-corrected chi connectivity index (χ3v) is 8.32. The van der Waals surface area contributed by atoms with Crippen LogP contribution in [0, 0.1) is 23.2 Å².